The molecule has 0 radical (unpaired) electrons. The largest absolute Gasteiger partial charge is 0.352 e. The standard InChI is InChI=1S/C19H24N4OS.HI/c1-20-19(22-13-17-9-4-10-25-17)21-12-14-5-2-8-16(11-14)23-18(24)15-6-3-7-15;/h2,4-5,8-11,15H,3,6-7,12-13H2,1H3,(H,23,24)(H2,20,21,22);1H. The van der Waals surface area contributed by atoms with Gasteiger partial charge in [0.15, 0.2) is 5.96 Å². The molecule has 26 heavy (non-hydrogen) atoms. The normalized spacial score (nSPS) is 14.1. The summed E-state index contributed by atoms with van der Waals surface area (Å²) in [6.07, 6.45) is 3.19. The number of carbonyl (C=O) groups excluding carboxylic acids is 1. The molecule has 1 amide bonds. The zero-order valence-electron chi connectivity index (χ0n) is 14.8. The number of hydrogen-bond donors (Lipinski definition) is 3. The number of guanidine groups is 1. The number of benzene rings is 1. The van der Waals surface area contributed by atoms with Gasteiger partial charge in [-0.1, -0.05) is 24.6 Å². The molecule has 3 N–H and O–H groups in total. The molecule has 140 valence electrons. The molecule has 0 aliphatic heterocycles. The van der Waals surface area contributed by atoms with Crippen molar-refractivity contribution < 1.29 is 4.79 Å². The van der Waals surface area contributed by atoms with E-state index in [4.69, 9.17) is 0 Å². The van der Waals surface area contributed by atoms with Crippen LogP contribution in [0.25, 0.3) is 0 Å². The maximum Gasteiger partial charge on any atom is 0.227 e. The molecule has 0 saturated heterocycles. The van der Waals surface area contributed by atoms with Crippen molar-refractivity contribution in [3.8, 4) is 0 Å². The summed E-state index contributed by atoms with van der Waals surface area (Å²) in [5.74, 6) is 1.10. The highest BCUT2D eigenvalue weighted by Gasteiger charge is 2.25. The van der Waals surface area contributed by atoms with Crippen LogP contribution >= 0.6 is 35.3 Å². The first-order valence-corrected chi connectivity index (χ1v) is 9.49. The summed E-state index contributed by atoms with van der Waals surface area (Å²) in [5, 5.41) is 11.7. The van der Waals surface area contributed by atoms with Gasteiger partial charge < -0.3 is 16.0 Å². The first-order valence-electron chi connectivity index (χ1n) is 8.61. The molecule has 0 atom stereocenters. The molecule has 1 aromatic carbocycles. The number of carbonyl (C=O) groups is 1. The summed E-state index contributed by atoms with van der Waals surface area (Å²) >= 11 is 1.72. The number of hydrogen-bond acceptors (Lipinski definition) is 3. The van der Waals surface area contributed by atoms with Crippen molar-refractivity contribution in [3.05, 3.63) is 52.2 Å². The van der Waals surface area contributed by atoms with Gasteiger partial charge in [-0.15, -0.1) is 35.3 Å². The van der Waals surface area contributed by atoms with Crippen molar-refractivity contribution in [2.75, 3.05) is 12.4 Å². The Morgan fingerprint density at radius 3 is 2.65 bits per heavy atom. The lowest BCUT2D eigenvalue weighted by Crippen LogP contribution is -2.36. The highest BCUT2D eigenvalue weighted by Crippen LogP contribution is 2.27. The topological polar surface area (TPSA) is 65.5 Å². The van der Waals surface area contributed by atoms with E-state index in [1.54, 1.807) is 18.4 Å². The summed E-state index contributed by atoms with van der Waals surface area (Å²) < 4.78 is 0. The summed E-state index contributed by atoms with van der Waals surface area (Å²) in [4.78, 5) is 17.6. The van der Waals surface area contributed by atoms with Crippen molar-refractivity contribution in [2.45, 2.75) is 32.4 Å². The molecule has 2 aromatic rings. The minimum atomic E-state index is 0. The van der Waals surface area contributed by atoms with E-state index in [-0.39, 0.29) is 35.8 Å². The summed E-state index contributed by atoms with van der Waals surface area (Å²) in [6.45, 7) is 1.41. The van der Waals surface area contributed by atoms with Crippen LogP contribution in [0.2, 0.25) is 0 Å². The average Bonchev–Trinajstić information content (AvgIpc) is 3.07. The number of thiophene rings is 1. The first-order chi connectivity index (χ1) is 12.2. The third kappa shape index (κ3) is 5.98. The molecule has 5 nitrogen and oxygen atoms in total. The molecule has 1 aliphatic rings. The van der Waals surface area contributed by atoms with Gasteiger partial charge in [0.05, 0.1) is 6.54 Å². The Morgan fingerprint density at radius 1 is 1.19 bits per heavy atom. The Kier molecular flexibility index (Phi) is 8.37. The fraction of sp³-hybridized carbons (Fsp3) is 0.368. The Bertz CT molecular complexity index is 729. The lowest BCUT2D eigenvalue weighted by atomic mass is 9.85. The van der Waals surface area contributed by atoms with Crippen LogP contribution in [0.4, 0.5) is 5.69 Å². The molecule has 1 aliphatic carbocycles. The maximum atomic E-state index is 12.1. The van der Waals surface area contributed by atoms with Gasteiger partial charge in [0, 0.05) is 30.1 Å². The quantitative estimate of drug-likeness (QED) is 0.330. The predicted molar refractivity (Wildman–Crippen MR) is 119 cm³/mol. The zero-order chi connectivity index (χ0) is 17.5. The number of aliphatic imine (C=N–C) groups is 1. The molecule has 1 heterocycles. The van der Waals surface area contributed by atoms with Crippen LogP contribution in [0.1, 0.15) is 29.7 Å². The van der Waals surface area contributed by atoms with E-state index in [0.29, 0.717) is 6.54 Å². The zero-order valence-corrected chi connectivity index (χ0v) is 18.0. The third-order valence-electron chi connectivity index (χ3n) is 4.36. The Morgan fingerprint density at radius 2 is 2.00 bits per heavy atom. The van der Waals surface area contributed by atoms with Crippen molar-refractivity contribution >= 4 is 52.9 Å². The van der Waals surface area contributed by atoms with Gasteiger partial charge in [0.1, 0.15) is 0 Å². The average molecular weight is 484 g/mol. The van der Waals surface area contributed by atoms with Crippen LogP contribution in [0.15, 0.2) is 46.8 Å². The number of rotatable bonds is 6. The SMILES string of the molecule is CN=C(NCc1cccc(NC(=O)C2CCC2)c1)NCc1cccs1.I. The lowest BCUT2D eigenvalue weighted by Gasteiger charge is -2.24. The number of amides is 1. The number of halogens is 1. The van der Waals surface area contributed by atoms with Gasteiger partial charge in [-0.05, 0) is 42.0 Å². The lowest BCUT2D eigenvalue weighted by molar-refractivity contribution is -0.122. The van der Waals surface area contributed by atoms with Crippen molar-refractivity contribution in [1.29, 1.82) is 0 Å². The molecule has 0 unspecified atom stereocenters. The molecule has 1 aromatic heterocycles. The van der Waals surface area contributed by atoms with E-state index in [1.807, 2.05) is 30.3 Å². The van der Waals surface area contributed by atoms with Crippen LogP contribution in [-0.2, 0) is 17.9 Å². The van der Waals surface area contributed by atoms with Crippen molar-refractivity contribution in [3.63, 3.8) is 0 Å². The van der Waals surface area contributed by atoms with Gasteiger partial charge in [-0.25, -0.2) is 0 Å². The van der Waals surface area contributed by atoms with Crippen LogP contribution < -0.4 is 16.0 Å². The predicted octanol–water partition coefficient (Wildman–Crippen LogP) is 3.97. The monoisotopic (exact) mass is 484 g/mol. The molecule has 1 saturated carbocycles. The van der Waals surface area contributed by atoms with Crippen LogP contribution in [0, 0.1) is 5.92 Å². The highest BCUT2D eigenvalue weighted by molar-refractivity contribution is 14.0. The van der Waals surface area contributed by atoms with E-state index in [0.717, 1.165) is 36.6 Å². The Balaban J connectivity index is 0.00000243. The molecular formula is C19H25IN4OS. The van der Waals surface area contributed by atoms with E-state index in [1.165, 1.54) is 11.3 Å². The minimum Gasteiger partial charge on any atom is -0.352 e. The van der Waals surface area contributed by atoms with E-state index < -0.39 is 0 Å². The number of nitrogens with one attached hydrogen (secondary N) is 3. The highest BCUT2D eigenvalue weighted by atomic mass is 127. The second-order valence-electron chi connectivity index (χ2n) is 6.18. The van der Waals surface area contributed by atoms with Gasteiger partial charge in [0.2, 0.25) is 5.91 Å². The van der Waals surface area contributed by atoms with E-state index >= 15 is 0 Å². The van der Waals surface area contributed by atoms with E-state index in [9.17, 15) is 4.79 Å². The smallest absolute Gasteiger partial charge is 0.227 e. The number of anilines is 1. The minimum absolute atomic E-state index is 0. The Hall–Kier alpha value is -1.61. The second-order valence-corrected chi connectivity index (χ2v) is 7.21. The maximum absolute atomic E-state index is 12.1. The number of nitrogens with zero attached hydrogens (tertiary/aromatic N) is 1. The third-order valence-corrected chi connectivity index (χ3v) is 5.24. The van der Waals surface area contributed by atoms with Gasteiger partial charge in [-0.3, -0.25) is 9.79 Å². The fourth-order valence-corrected chi connectivity index (χ4v) is 3.31. The molecule has 7 heteroatoms. The molecule has 1 fully saturated rings. The van der Waals surface area contributed by atoms with Gasteiger partial charge >= 0.3 is 0 Å². The molecular weight excluding hydrogens is 459 g/mol. The second kappa shape index (κ2) is 10.5. The van der Waals surface area contributed by atoms with Crippen LogP contribution in [-0.4, -0.2) is 18.9 Å². The van der Waals surface area contributed by atoms with Crippen LogP contribution in [0.5, 0.6) is 0 Å². The van der Waals surface area contributed by atoms with Crippen LogP contribution in [0.3, 0.4) is 0 Å². The van der Waals surface area contributed by atoms with Crippen molar-refractivity contribution in [1.82, 2.24) is 10.6 Å². The summed E-state index contributed by atoms with van der Waals surface area (Å²) in [6, 6.07) is 12.1. The summed E-state index contributed by atoms with van der Waals surface area (Å²) in [7, 11) is 1.76. The van der Waals surface area contributed by atoms with Crippen molar-refractivity contribution in [2.24, 2.45) is 10.9 Å². The first kappa shape index (κ1) is 20.7. The Labute approximate surface area is 175 Å². The van der Waals surface area contributed by atoms with Gasteiger partial charge in [-0.2, -0.15) is 0 Å². The fourth-order valence-electron chi connectivity index (χ4n) is 2.66. The molecule has 0 spiro atoms. The summed E-state index contributed by atoms with van der Waals surface area (Å²) in [5.41, 5.74) is 1.96. The molecule has 0 bridgehead atoms. The van der Waals surface area contributed by atoms with E-state index in [2.05, 4.69) is 32.4 Å². The molecule has 3 rings (SSSR count). The van der Waals surface area contributed by atoms with Gasteiger partial charge in [0.25, 0.3) is 0 Å².